The smallest absolute Gasteiger partial charge is 0.130 e. The van der Waals surface area contributed by atoms with Crippen molar-refractivity contribution in [3.8, 4) is 0 Å². The largest absolute Gasteiger partial charge is 0.317 e. The van der Waals surface area contributed by atoms with Gasteiger partial charge in [0.05, 0.1) is 5.25 Å². The number of aromatic nitrogens is 2. The van der Waals surface area contributed by atoms with Crippen LogP contribution in [0.15, 0.2) is 0 Å². The van der Waals surface area contributed by atoms with Crippen molar-refractivity contribution in [2.75, 3.05) is 18.8 Å². The highest BCUT2D eigenvalue weighted by atomic mass is 32.2. The molecule has 1 aromatic rings. The lowest BCUT2D eigenvalue weighted by Crippen LogP contribution is -2.15. The number of hydrogen-bond donors (Lipinski definition) is 1. The summed E-state index contributed by atoms with van der Waals surface area (Å²) in [6.07, 6.45) is 3.64. The average Bonchev–Trinajstić information content (AvgIpc) is 2.87. The van der Waals surface area contributed by atoms with Gasteiger partial charge >= 0.3 is 0 Å². The van der Waals surface area contributed by atoms with Crippen molar-refractivity contribution < 1.29 is 0 Å². The van der Waals surface area contributed by atoms with Crippen LogP contribution in [0.4, 0.5) is 0 Å². The van der Waals surface area contributed by atoms with Gasteiger partial charge in [-0.25, -0.2) is 0 Å². The number of nitrogens with one attached hydrogen (secondary N) is 1. The second kappa shape index (κ2) is 5.82. The van der Waals surface area contributed by atoms with Crippen molar-refractivity contribution in [1.29, 1.82) is 0 Å². The van der Waals surface area contributed by atoms with Gasteiger partial charge in [-0.15, -0.1) is 21.5 Å². The molecule has 0 radical (unpaired) electrons. The van der Waals surface area contributed by atoms with Crippen molar-refractivity contribution in [1.82, 2.24) is 15.5 Å². The maximum absolute atomic E-state index is 4.30. The van der Waals surface area contributed by atoms with Gasteiger partial charge in [-0.1, -0.05) is 6.92 Å². The second-order valence-electron chi connectivity index (χ2n) is 3.64. The molecule has 1 saturated heterocycles. The standard InChI is InChI=1S/C10H17N3S2/c1-2-11-6-5-9-12-13-10(15-9)8-4-3-7-14-8/h8,11H,2-7H2,1H3. The van der Waals surface area contributed by atoms with E-state index in [0.717, 1.165) is 19.5 Å². The van der Waals surface area contributed by atoms with Crippen LogP contribution in [0.5, 0.6) is 0 Å². The Morgan fingerprint density at radius 1 is 1.47 bits per heavy atom. The number of rotatable bonds is 5. The molecule has 0 aromatic carbocycles. The molecule has 3 nitrogen and oxygen atoms in total. The summed E-state index contributed by atoms with van der Waals surface area (Å²) < 4.78 is 0. The van der Waals surface area contributed by atoms with Crippen molar-refractivity contribution in [3.05, 3.63) is 10.0 Å². The van der Waals surface area contributed by atoms with Gasteiger partial charge in [0.1, 0.15) is 10.0 Å². The van der Waals surface area contributed by atoms with Gasteiger partial charge in [0, 0.05) is 13.0 Å². The molecule has 15 heavy (non-hydrogen) atoms. The second-order valence-corrected chi connectivity index (χ2v) is 6.04. The molecule has 1 aliphatic heterocycles. The summed E-state index contributed by atoms with van der Waals surface area (Å²) in [5.74, 6) is 1.29. The van der Waals surface area contributed by atoms with E-state index in [1.165, 1.54) is 28.6 Å². The Hall–Kier alpha value is -0.130. The van der Waals surface area contributed by atoms with E-state index < -0.39 is 0 Å². The van der Waals surface area contributed by atoms with Crippen LogP contribution in [0.3, 0.4) is 0 Å². The van der Waals surface area contributed by atoms with Crippen LogP contribution in [-0.4, -0.2) is 29.0 Å². The Labute approximate surface area is 99.1 Å². The molecular weight excluding hydrogens is 226 g/mol. The molecule has 1 N–H and O–H groups in total. The molecule has 2 heterocycles. The number of nitrogens with zero attached hydrogens (tertiary/aromatic N) is 2. The number of thioether (sulfide) groups is 1. The Bertz CT molecular complexity index is 295. The van der Waals surface area contributed by atoms with Crippen molar-refractivity contribution in [3.63, 3.8) is 0 Å². The molecule has 0 spiro atoms. The highest BCUT2D eigenvalue weighted by Gasteiger charge is 2.21. The fourth-order valence-electron chi connectivity index (χ4n) is 1.64. The summed E-state index contributed by atoms with van der Waals surface area (Å²) in [6.45, 7) is 4.17. The Kier molecular flexibility index (Phi) is 4.41. The first-order valence-electron chi connectivity index (χ1n) is 5.54. The van der Waals surface area contributed by atoms with Crippen LogP contribution in [0, 0.1) is 0 Å². The summed E-state index contributed by atoms with van der Waals surface area (Å²) in [5, 5.41) is 14.9. The molecule has 0 bridgehead atoms. The molecule has 0 aliphatic carbocycles. The van der Waals surface area contributed by atoms with E-state index in [2.05, 4.69) is 22.4 Å². The maximum atomic E-state index is 4.30. The van der Waals surface area contributed by atoms with E-state index >= 15 is 0 Å². The van der Waals surface area contributed by atoms with Gasteiger partial charge in [0.15, 0.2) is 0 Å². The molecule has 0 amide bonds. The van der Waals surface area contributed by atoms with Gasteiger partial charge in [0.25, 0.3) is 0 Å². The lowest BCUT2D eigenvalue weighted by Gasteiger charge is -2.00. The van der Waals surface area contributed by atoms with E-state index in [-0.39, 0.29) is 0 Å². The van der Waals surface area contributed by atoms with Crippen LogP contribution in [-0.2, 0) is 6.42 Å². The van der Waals surface area contributed by atoms with Crippen molar-refractivity contribution in [2.45, 2.75) is 31.4 Å². The molecule has 1 aliphatic rings. The van der Waals surface area contributed by atoms with Crippen LogP contribution in [0.25, 0.3) is 0 Å². The van der Waals surface area contributed by atoms with Gasteiger partial charge in [0.2, 0.25) is 0 Å². The Morgan fingerprint density at radius 3 is 3.13 bits per heavy atom. The topological polar surface area (TPSA) is 37.8 Å². The van der Waals surface area contributed by atoms with E-state index in [1.54, 1.807) is 11.3 Å². The molecule has 5 heteroatoms. The Balaban J connectivity index is 1.86. The molecule has 2 rings (SSSR count). The van der Waals surface area contributed by atoms with Crippen molar-refractivity contribution in [2.24, 2.45) is 0 Å². The van der Waals surface area contributed by atoms with Crippen LogP contribution < -0.4 is 5.32 Å². The highest BCUT2D eigenvalue weighted by molar-refractivity contribution is 7.99. The van der Waals surface area contributed by atoms with Crippen LogP contribution in [0.2, 0.25) is 0 Å². The summed E-state index contributed by atoms with van der Waals surface area (Å²) in [4.78, 5) is 0. The van der Waals surface area contributed by atoms with E-state index in [9.17, 15) is 0 Å². The van der Waals surface area contributed by atoms with Crippen LogP contribution >= 0.6 is 23.1 Å². The summed E-state index contributed by atoms with van der Waals surface area (Å²) in [6, 6.07) is 0. The lowest BCUT2D eigenvalue weighted by atomic mass is 10.3. The summed E-state index contributed by atoms with van der Waals surface area (Å²) >= 11 is 3.83. The first-order valence-corrected chi connectivity index (χ1v) is 7.41. The average molecular weight is 243 g/mol. The molecule has 0 saturated carbocycles. The van der Waals surface area contributed by atoms with Gasteiger partial charge in [-0.05, 0) is 25.1 Å². The first kappa shape index (κ1) is 11.4. The normalized spacial score (nSPS) is 21.0. The number of hydrogen-bond acceptors (Lipinski definition) is 5. The number of likely N-dealkylation sites (N-methyl/N-ethyl adjacent to an activating group) is 1. The zero-order valence-electron chi connectivity index (χ0n) is 9.03. The fourth-order valence-corrected chi connectivity index (χ4v) is 3.99. The first-order chi connectivity index (χ1) is 7.40. The minimum absolute atomic E-state index is 0.635. The molecular formula is C10H17N3S2. The predicted molar refractivity (Wildman–Crippen MR) is 66.6 cm³/mol. The van der Waals surface area contributed by atoms with Crippen molar-refractivity contribution >= 4 is 23.1 Å². The lowest BCUT2D eigenvalue weighted by molar-refractivity contribution is 0.709. The zero-order valence-corrected chi connectivity index (χ0v) is 10.7. The van der Waals surface area contributed by atoms with E-state index in [4.69, 9.17) is 0 Å². The Morgan fingerprint density at radius 2 is 2.40 bits per heavy atom. The van der Waals surface area contributed by atoms with Gasteiger partial charge < -0.3 is 5.32 Å². The molecule has 84 valence electrons. The molecule has 1 atom stereocenters. The molecule has 1 unspecified atom stereocenters. The minimum Gasteiger partial charge on any atom is -0.317 e. The van der Waals surface area contributed by atoms with E-state index in [0.29, 0.717) is 5.25 Å². The monoisotopic (exact) mass is 243 g/mol. The highest BCUT2D eigenvalue weighted by Crippen LogP contribution is 2.40. The van der Waals surface area contributed by atoms with Gasteiger partial charge in [-0.3, -0.25) is 0 Å². The van der Waals surface area contributed by atoms with Gasteiger partial charge in [-0.2, -0.15) is 11.8 Å². The third-order valence-electron chi connectivity index (χ3n) is 2.45. The zero-order chi connectivity index (χ0) is 10.5. The summed E-state index contributed by atoms with van der Waals surface area (Å²) in [5.41, 5.74) is 0. The maximum Gasteiger partial charge on any atom is 0.130 e. The molecule has 1 fully saturated rings. The minimum atomic E-state index is 0.635. The quantitative estimate of drug-likeness (QED) is 0.805. The third kappa shape index (κ3) is 3.16. The SMILES string of the molecule is CCNCCc1nnc(C2CCCS2)s1. The van der Waals surface area contributed by atoms with E-state index in [1.807, 2.05) is 11.8 Å². The third-order valence-corrected chi connectivity index (χ3v) is 5.08. The summed E-state index contributed by atoms with van der Waals surface area (Å²) in [7, 11) is 0. The predicted octanol–water partition coefficient (Wildman–Crippen LogP) is 2.26. The fraction of sp³-hybridized carbons (Fsp3) is 0.800. The van der Waals surface area contributed by atoms with Crippen LogP contribution in [0.1, 0.15) is 35.0 Å². The molecule has 1 aromatic heterocycles.